The molecule has 2 aliphatic rings. The molecule has 0 unspecified atom stereocenters. The number of halogens is 3. The van der Waals surface area contributed by atoms with Crippen LogP contribution in [0.25, 0.3) is 0 Å². The van der Waals surface area contributed by atoms with E-state index in [2.05, 4.69) is 21.7 Å². The Morgan fingerprint density at radius 1 is 1.34 bits per heavy atom. The number of hydrogen-bond acceptors (Lipinski definition) is 6. The van der Waals surface area contributed by atoms with Crippen LogP contribution in [0.4, 0.5) is 13.2 Å². The van der Waals surface area contributed by atoms with Gasteiger partial charge in [0.15, 0.2) is 0 Å². The van der Waals surface area contributed by atoms with Crippen LogP contribution in [0.2, 0.25) is 0 Å². The van der Waals surface area contributed by atoms with Crippen molar-refractivity contribution in [1.29, 1.82) is 0 Å². The van der Waals surface area contributed by atoms with E-state index >= 15 is 0 Å². The Balaban J connectivity index is 0.000000370. The van der Waals surface area contributed by atoms with Gasteiger partial charge >= 0.3 is 12.1 Å². The fourth-order valence-electron chi connectivity index (χ4n) is 3.70. The second-order valence-electron chi connectivity index (χ2n) is 6.86. The zero-order chi connectivity index (χ0) is 22.0. The number of fused-ring (bicyclic) bond motifs is 1. The summed E-state index contributed by atoms with van der Waals surface area (Å²) in [6, 6.07) is 3.48. The van der Waals surface area contributed by atoms with E-state index in [-0.39, 0.29) is 17.9 Å². The van der Waals surface area contributed by atoms with Crippen LogP contribution in [0, 0.1) is 5.92 Å². The molecule has 3 heterocycles. The van der Waals surface area contributed by atoms with Crippen molar-refractivity contribution in [2.75, 3.05) is 26.4 Å². The Morgan fingerprint density at radius 2 is 1.97 bits per heavy atom. The largest absolute Gasteiger partial charge is 0.490 e. The highest BCUT2D eigenvalue weighted by Crippen LogP contribution is 2.38. The summed E-state index contributed by atoms with van der Waals surface area (Å²) in [5.74, 6) is -2.73. The number of amides is 1. The number of thiophene rings is 1. The number of likely N-dealkylation sites (N-methyl/N-ethyl adjacent to an activating group) is 1. The average molecular weight is 457 g/mol. The first-order valence-corrected chi connectivity index (χ1v) is 11.3. The van der Waals surface area contributed by atoms with E-state index in [0.29, 0.717) is 13.0 Å². The molecule has 0 aromatic carbocycles. The second-order valence-corrected chi connectivity index (χ2v) is 9.78. The van der Waals surface area contributed by atoms with E-state index in [1.807, 2.05) is 6.07 Å². The highest BCUT2D eigenvalue weighted by atomic mass is 32.2. The Kier molecular flexibility index (Phi) is 7.30. The maximum absolute atomic E-state index is 12.2. The lowest BCUT2D eigenvalue weighted by atomic mass is 10.0. The number of aliphatic carboxylic acids is 1. The maximum Gasteiger partial charge on any atom is 0.490 e. The predicted octanol–water partition coefficient (Wildman–Crippen LogP) is 0.962. The lowest BCUT2D eigenvalue weighted by Crippen LogP contribution is -2.49. The summed E-state index contributed by atoms with van der Waals surface area (Å²) in [5, 5.41) is 11.8. The number of carbonyl (C=O) groups is 2. The Bertz CT molecular complexity index is 829. The highest BCUT2D eigenvalue weighted by Gasteiger charge is 2.52. The first-order valence-electron chi connectivity index (χ1n) is 8.59. The van der Waals surface area contributed by atoms with Gasteiger partial charge in [-0.15, -0.1) is 11.3 Å². The Hall–Kier alpha value is -1.70. The number of rotatable bonds is 4. The molecule has 0 saturated carbocycles. The fourth-order valence-corrected chi connectivity index (χ4v) is 5.82. The van der Waals surface area contributed by atoms with E-state index in [9.17, 15) is 26.4 Å². The smallest absolute Gasteiger partial charge is 0.475 e. The van der Waals surface area contributed by atoms with Crippen molar-refractivity contribution in [3.63, 3.8) is 0 Å². The van der Waals surface area contributed by atoms with Gasteiger partial charge in [-0.3, -0.25) is 9.69 Å². The predicted molar refractivity (Wildman–Crippen MR) is 99.7 cm³/mol. The summed E-state index contributed by atoms with van der Waals surface area (Å²) in [6.07, 6.45) is -3.27. The molecular weight excluding hydrogens is 435 g/mol. The fraction of sp³-hybridized carbons (Fsp3) is 0.625. The van der Waals surface area contributed by atoms with Crippen molar-refractivity contribution in [2.45, 2.75) is 31.2 Å². The van der Waals surface area contributed by atoms with Crippen LogP contribution in [-0.4, -0.2) is 79.3 Å². The molecule has 164 valence electrons. The number of carboxylic acid groups (broad SMARTS) is 1. The topological polar surface area (TPSA) is 107 Å². The molecule has 0 aliphatic carbocycles. The van der Waals surface area contributed by atoms with Crippen molar-refractivity contribution >= 4 is 33.2 Å². The molecule has 2 saturated heterocycles. The molecule has 3 rings (SSSR count). The average Bonchev–Trinajstić information content (AvgIpc) is 3.28. The molecular formula is C16H22F3N3O5S2. The highest BCUT2D eigenvalue weighted by molar-refractivity contribution is 7.88. The van der Waals surface area contributed by atoms with Crippen molar-refractivity contribution < 1.29 is 36.3 Å². The lowest BCUT2D eigenvalue weighted by molar-refractivity contribution is -0.192. The summed E-state index contributed by atoms with van der Waals surface area (Å²) in [4.78, 5) is 24.5. The zero-order valence-electron chi connectivity index (χ0n) is 15.7. The number of nitrogens with zero attached hydrogens (tertiary/aromatic N) is 2. The van der Waals surface area contributed by atoms with E-state index in [1.54, 1.807) is 18.4 Å². The Labute approximate surface area is 170 Å². The van der Waals surface area contributed by atoms with Gasteiger partial charge in [-0.05, 0) is 23.8 Å². The van der Waals surface area contributed by atoms with E-state index in [0.717, 1.165) is 13.1 Å². The minimum absolute atomic E-state index is 0.0859. The molecule has 1 aromatic heterocycles. The van der Waals surface area contributed by atoms with Crippen molar-refractivity contribution in [1.82, 2.24) is 14.5 Å². The maximum atomic E-state index is 12.2. The van der Waals surface area contributed by atoms with E-state index in [4.69, 9.17) is 9.90 Å². The first-order chi connectivity index (χ1) is 13.3. The minimum Gasteiger partial charge on any atom is -0.475 e. The molecule has 13 heteroatoms. The number of likely N-dealkylation sites (tertiary alicyclic amines) is 1. The van der Waals surface area contributed by atoms with Gasteiger partial charge in [0.25, 0.3) is 0 Å². The standard InChI is InChI=1S/C14H21N3O3S2.C2HF3O2/c1-15-14(18)12-6-10-7-16(8-11-4-3-5-21-11)9-13(10)17(12)22(2,19)20;3-2(4,5)1(6)7/h3-5,10,12-13H,6-9H2,1-2H3,(H,15,18);(H,6,7)/t10-,12-,13+;/m1./s1. The molecule has 0 spiro atoms. The van der Waals surface area contributed by atoms with Gasteiger partial charge in [0.05, 0.1) is 6.26 Å². The molecule has 2 fully saturated rings. The number of nitrogens with one attached hydrogen (secondary N) is 1. The molecule has 2 aliphatic heterocycles. The minimum atomic E-state index is -5.08. The SMILES string of the molecule is CNC(=O)[C@H]1C[C@@H]2CN(Cc3cccs3)C[C@@H]2N1S(C)(=O)=O.O=C(O)C(F)(F)F. The molecule has 1 amide bonds. The summed E-state index contributed by atoms with van der Waals surface area (Å²) >= 11 is 1.72. The van der Waals surface area contributed by atoms with Crippen LogP contribution in [0.3, 0.4) is 0 Å². The molecule has 3 atom stereocenters. The molecule has 29 heavy (non-hydrogen) atoms. The number of carbonyl (C=O) groups excluding carboxylic acids is 1. The molecule has 0 radical (unpaired) electrons. The van der Waals surface area contributed by atoms with Crippen LogP contribution in [0.15, 0.2) is 17.5 Å². The van der Waals surface area contributed by atoms with Crippen molar-refractivity contribution in [3.8, 4) is 0 Å². The van der Waals surface area contributed by atoms with Gasteiger partial charge in [-0.1, -0.05) is 6.07 Å². The number of hydrogen-bond donors (Lipinski definition) is 2. The summed E-state index contributed by atoms with van der Waals surface area (Å²) in [7, 11) is -1.84. The van der Waals surface area contributed by atoms with Gasteiger partial charge in [0, 0.05) is 37.6 Å². The molecule has 0 bridgehead atoms. The third-order valence-corrected chi connectivity index (χ3v) is 6.93. The van der Waals surface area contributed by atoms with Gasteiger partial charge in [0.2, 0.25) is 15.9 Å². The van der Waals surface area contributed by atoms with Gasteiger partial charge in [-0.2, -0.15) is 17.5 Å². The quantitative estimate of drug-likeness (QED) is 0.698. The van der Waals surface area contributed by atoms with E-state index in [1.165, 1.54) is 15.4 Å². The number of carboxylic acids is 1. The van der Waals surface area contributed by atoms with Crippen molar-refractivity contribution in [3.05, 3.63) is 22.4 Å². The summed E-state index contributed by atoms with van der Waals surface area (Å²) in [5.41, 5.74) is 0. The summed E-state index contributed by atoms with van der Waals surface area (Å²) < 4.78 is 57.5. The van der Waals surface area contributed by atoms with Crippen LogP contribution in [0.1, 0.15) is 11.3 Å². The lowest BCUT2D eigenvalue weighted by Gasteiger charge is -2.27. The van der Waals surface area contributed by atoms with Gasteiger partial charge < -0.3 is 10.4 Å². The van der Waals surface area contributed by atoms with Crippen LogP contribution < -0.4 is 5.32 Å². The van der Waals surface area contributed by atoms with Crippen LogP contribution in [0.5, 0.6) is 0 Å². The Morgan fingerprint density at radius 3 is 2.41 bits per heavy atom. The first kappa shape index (κ1) is 23.6. The van der Waals surface area contributed by atoms with Crippen LogP contribution in [-0.2, 0) is 26.2 Å². The van der Waals surface area contributed by atoms with Crippen LogP contribution >= 0.6 is 11.3 Å². The van der Waals surface area contributed by atoms with Crippen molar-refractivity contribution in [2.24, 2.45) is 5.92 Å². The molecule has 2 N–H and O–H groups in total. The third kappa shape index (κ3) is 5.90. The summed E-state index contributed by atoms with van der Waals surface area (Å²) in [6.45, 7) is 2.40. The molecule has 8 nitrogen and oxygen atoms in total. The van der Waals surface area contributed by atoms with Gasteiger partial charge in [-0.25, -0.2) is 13.2 Å². The number of sulfonamides is 1. The number of alkyl halides is 3. The zero-order valence-corrected chi connectivity index (χ0v) is 17.4. The third-order valence-electron chi connectivity index (χ3n) is 4.78. The second kappa shape index (κ2) is 8.98. The van der Waals surface area contributed by atoms with E-state index < -0.39 is 28.2 Å². The normalized spacial score (nSPS) is 25.2. The molecule has 1 aromatic rings. The monoisotopic (exact) mass is 457 g/mol. The van der Waals surface area contributed by atoms with Gasteiger partial charge in [0.1, 0.15) is 6.04 Å².